The van der Waals surface area contributed by atoms with Crippen LogP contribution in [0, 0.1) is 11.3 Å². The molecule has 0 spiro atoms. The van der Waals surface area contributed by atoms with E-state index in [0.29, 0.717) is 6.61 Å². The summed E-state index contributed by atoms with van der Waals surface area (Å²) in [6.07, 6.45) is 3.59. The molecule has 2 rings (SSSR count). The van der Waals surface area contributed by atoms with Gasteiger partial charge in [0, 0.05) is 0 Å². The molecular weight excluding hydrogens is 200 g/mol. The monoisotopic (exact) mass is 216 g/mol. The molecule has 1 aromatic rings. The van der Waals surface area contributed by atoms with Crippen molar-refractivity contribution in [3.8, 4) is 11.8 Å². The van der Waals surface area contributed by atoms with Gasteiger partial charge in [0.1, 0.15) is 18.4 Å². The zero-order valence-electron chi connectivity index (χ0n) is 9.49. The highest BCUT2D eigenvalue weighted by molar-refractivity contribution is 5.38. The Bertz CT molecular complexity index is 409. The van der Waals surface area contributed by atoms with Crippen molar-refractivity contribution >= 4 is 0 Å². The van der Waals surface area contributed by atoms with Crippen molar-refractivity contribution in [3.05, 3.63) is 29.3 Å². The summed E-state index contributed by atoms with van der Waals surface area (Å²) in [7, 11) is 1.76. The van der Waals surface area contributed by atoms with Crippen LogP contribution in [0.25, 0.3) is 0 Å². The first-order valence-corrected chi connectivity index (χ1v) is 5.65. The van der Waals surface area contributed by atoms with Crippen molar-refractivity contribution in [3.63, 3.8) is 0 Å². The maximum absolute atomic E-state index is 8.77. The second kappa shape index (κ2) is 5.00. The lowest BCUT2D eigenvalue weighted by atomic mass is 10.1. The molecule has 0 amide bonds. The zero-order chi connectivity index (χ0) is 11.4. The van der Waals surface area contributed by atoms with E-state index in [4.69, 9.17) is 10.00 Å². The second-order valence-electron chi connectivity index (χ2n) is 4.07. The van der Waals surface area contributed by atoms with Gasteiger partial charge in [-0.15, -0.1) is 0 Å². The predicted octanol–water partition coefficient (Wildman–Crippen LogP) is 1.67. The van der Waals surface area contributed by atoms with Gasteiger partial charge in [-0.25, -0.2) is 0 Å². The number of nitrogens with zero attached hydrogens (tertiary/aromatic N) is 1. The summed E-state index contributed by atoms with van der Waals surface area (Å²) in [6, 6.07) is 8.13. The smallest absolute Gasteiger partial charge is 0.129 e. The average Bonchev–Trinajstić information content (AvgIpc) is 2.77. The van der Waals surface area contributed by atoms with Crippen molar-refractivity contribution in [2.75, 3.05) is 13.7 Å². The normalized spacial score (nSPS) is 15.2. The molecule has 0 saturated heterocycles. The predicted molar refractivity (Wildman–Crippen MR) is 62.4 cm³/mol. The molecule has 0 aromatic heterocycles. The van der Waals surface area contributed by atoms with E-state index in [1.54, 1.807) is 7.05 Å². The van der Waals surface area contributed by atoms with E-state index in [1.807, 2.05) is 6.07 Å². The van der Waals surface area contributed by atoms with E-state index in [-0.39, 0.29) is 6.04 Å². The number of aryl methyl sites for hydroxylation is 2. The third-order valence-electron chi connectivity index (χ3n) is 2.99. The maximum Gasteiger partial charge on any atom is 0.129 e. The number of hydrogen-bond acceptors (Lipinski definition) is 3. The van der Waals surface area contributed by atoms with E-state index in [1.165, 1.54) is 24.0 Å². The van der Waals surface area contributed by atoms with Gasteiger partial charge < -0.3 is 10.1 Å². The lowest BCUT2D eigenvalue weighted by molar-refractivity contribution is 0.294. The van der Waals surface area contributed by atoms with Gasteiger partial charge >= 0.3 is 0 Å². The molecule has 0 fully saturated rings. The van der Waals surface area contributed by atoms with Crippen molar-refractivity contribution in [1.29, 1.82) is 5.26 Å². The fourth-order valence-electron chi connectivity index (χ4n) is 2.00. The Morgan fingerprint density at radius 3 is 3.00 bits per heavy atom. The molecule has 3 heteroatoms. The van der Waals surface area contributed by atoms with E-state index >= 15 is 0 Å². The van der Waals surface area contributed by atoms with Crippen LogP contribution in [0.5, 0.6) is 5.75 Å². The summed E-state index contributed by atoms with van der Waals surface area (Å²) in [5.41, 5.74) is 2.84. The summed E-state index contributed by atoms with van der Waals surface area (Å²) in [6.45, 7) is 0.395. The minimum Gasteiger partial charge on any atom is -0.491 e. The van der Waals surface area contributed by atoms with Crippen LogP contribution in [0.1, 0.15) is 17.5 Å². The number of ether oxygens (including phenoxy) is 1. The van der Waals surface area contributed by atoms with Gasteiger partial charge in [-0.2, -0.15) is 5.26 Å². The Balaban J connectivity index is 1.98. The van der Waals surface area contributed by atoms with Crippen molar-refractivity contribution < 1.29 is 4.74 Å². The van der Waals surface area contributed by atoms with Gasteiger partial charge in [0.25, 0.3) is 0 Å². The first kappa shape index (κ1) is 11.0. The summed E-state index contributed by atoms with van der Waals surface area (Å²) < 4.78 is 5.59. The molecule has 1 unspecified atom stereocenters. The molecule has 1 aliphatic rings. The topological polar surface area (TPSA) is 45.0 Å². The number of likely N-dealkylation sites (N-methyl/N-ethyl adjacent to an activating group) is 1. The highest BCUT2D eigenvalue weighted by Gasteiger charge is 2.12. The lowest BCUT2D eigenvalue weighted by Crippen LogP contribution is -2.29. The van der Waals surface area contributed by atoms with Crippen LogP contribution in [-0.2, 0) is 12.8 Å². The molecule has 0 heterocycles. The molecule has 1 aromatic carbocycles. The van der Waals surface area contributed by atoms with Gasteiger partial charge in [-0.05, 0) is 49.6 Å². The van der Waals surface area contributed by atoms with Crippen LogP contribution in [0.4, 0.5) is 0 Å². The van der Waals surface area contributed by atoms with E-state index < -0.39 is 0 Å². The quantitative estimate of drug-likeness (QED) is 0.832. The molecule has 0 saturated carbocycles. The standard InChI is InChI=1S/C13H16N2O/c1-15-12(8-14)9-16-13-6-5-10-3-2-4-11(10)7-13/h5-7,12,15H,2-4,9H2,1H3. The Morgan fingerprint density at radius 1 is 1.44 bits per heavy atom. The summed E-state index contributed by atoms with van der Waals surface area (Å²) in [4.78, 5) is 0. The fourth-order valence-corrected chi connectivity index (χ4v) is 2.00. The minimum atomic E-state index is -0.242. The van der Waals surface area contributed by atoms with Crippen LogP contribution in [-0.4, -0.2) is 19.7 Å². The summed E-state index contributed by atoms with van der Waals surface area (Å²) >= 11 is 0. The molecule has 0 bridgehead atoms. The molecule has 1 aliphatic carbocycles. The number of rotatable bonds is 4. The number of hydrogen-bond donors (Lipinski definition) is 1. The van der Waals surface area contributed by atoms with Crippen molar-refractivity contribution in [2.45, 2.75) is 25.3 Å². The van der Waals surface area contributed by atoms with Crippen LogP contribution in [0.3, 0.4) is 0 Å². The van der Waals surface area contributed by atoms with Crippen molar-refractivity contribution in [1.82, 2.24) is 5.32 Å². The molecule has 1 N–H and O–H groups in total. The molecule has 1 atom stereocenters. The Morgan fingerprint density at radius 2 is 2.25 bits per heavy atom. The lowest BCUT2D eigenvalue weighted by Gasteiger charge is -2.11. The Kier molecular flexibility index (Phi) is 3.43. The highest BCUT2D eigenvalue weighted by atomic mass is 16.5. The average molecular weight is 216 g/mol. The second-order valence-corrected chi connectivity index (χ2v) is 4.07. The molecule has 0 aliphatic heterocycles. The largest absolute Gasteiger partial charge is 0.491 e. The molecule has 16 heavy (non-hydrogen) atoms. The first-order valence-electron chi connectivity index (χ1n) is 5.65. The van der Waals surface area contributed by atoms with Crippen LogP contribution < -0.4 is 10.1 Å². The third kappa shape index (κ3) is 2.34. The SMILES string of the molecule is CNC(C#N)COc1ccc2c(c1)CCC2. The van der Waals surface area contributed by atoms with E-state index in [0.717, 1.165) is 12.2 Å². The van der Waals surface area contributed by atoms with Crippen LogP contribution >= 0.6 is 0 Å². The van der Waals surface area contributed by atoms with Crippen molar-refractivity contribution in [2.24, 2.45) is 0 Å². The first-order chi connectivity index (χ1) is 7.83. The summed E-state index contributed by atoms with van der Waals surface area (Å²) in [5, 5.41) is 11.7. The Hall–Kier alpha value is -1.53. The summed E-state index contributed by atoms with van der Waals surface area (Å²) in [5.74, 6) is 0.871. The Labute approximate surface area is 96.0 Å². The minimum absolute atomic E-state index is 0.242. The van der Waals surface area contributed by atoms with E-state index in [9.17, 15) is 0 Å². The maximum atomic E-state index is 8.77. The van der Waals surface area contributed by atoms with Gasteiger partial charge in [0.15, 0.2) is 0 Å². The van der Waals surface area contributed by atoms with Gasteiger partial charge in [0.05, 0.1) is 6.07 Å². The number of nitriles is 1. The molecule has 84 valence electrons. The number of nitrogens with one attached hydrogen (secondary N) is 1. The van der Waals surface area contributed by atoms with Gasteiger partial charge in [-0.3, -0.25) is 0 Å². The van der Waals surface area contributed by atoms with Crippen LogP contribution in [0.2, 0.25) is 0 Å². The number of fused-ring (bicyclic) bond motifs is 1. The highest BCUT2D eigenvalue weighted by Crippen LogP contribution is 2.25. The third-order valence-corrected chi connectivity index (χ3v) is 2.99. The van der Waals surface area contributed by atoms with Gasteiger partial charge in [-0.1, -0.05) is 6.07 Å². The van der Waals surface area contributed by atoms with Gasteiger partial charge in [0.2, 0.25) is 0 Å². The fraction of sp³-hybridized carbons (Fsp3) is 0.462. The molecule has 0 radical (unpaired) electrons. The molecular formula is C13H16N2O. The van der Waals surface area contributed by atoms with Crippen LogP contribution in [0.15, 0.2) is 18.2 Å². The van der Waals surface area contributed by atoms with E-state index in [2.05, 4.69) is 23.5 Å². The molecule has 3 nitrogen and oxygen atoms in total. The number of benzene rings is 1. The zero-order valence-corrected chi connectivity index (χ0v) is 9.49.